The number of rotatable bonds is 3. The molecule has 0 aliphatic rings. The fraction of sp³-hybridized carbons (Fsp3) is 0.182. The molecule has 2 aromatic heterocycles. The first-order valence-electron chi connectivity index (χ1n) is 5.10. The minimum Gasteiger partial charge on any atom is -0.477 e. The fourth-order valence-corrected chi connectivity index (χ4v) is 2.33. The van der Waals surface area contributed by atoms with Crippen molar-refractivity contribution in [3.63, 3.8) is 0 Å². The van der Waals surface area contributed by atoms with Crippen LogP contribution in [-0.2, 0) is 6.54 Å². The van der Waals surface area contributed by atoms with E-state index in [1.165, 1.54) is 16.8 Å². The van der Waals surface area contributed by atoms with Gasteiger partial charge in [0.1, 0.15) is 4.88 Å². The number of aromatic carboxylic acids is 1. The summed E-state index contributed by atoms with van der Waals surface area (Å²) in [6.07, 6.45) is 1.46. The number of carboxylic acids is 1. The molecule has 0 bridgehead atoms. The highest BCUT2D eigenvalue weighted by molar-refractivity contribution is 7.13. The van der Waals surface area contributed by atoms with Crippen LogP contribution in [0.4, 0.5) is 0 Å². The summed E-state index contributed by atoms with van der Waals surface area (Å²) in [4.78, 5) is 36.6. The van der Waals surface area contributed by atoms with Gasteiger partial charge in [-0.25, -0.2) is 9.59 Å². The Hall–Kier alpha value is -2.15. The summed E-state index contributed by atoms with van der Waals surface area (Å²) in [6.45, 7) is 1.85. The van der Waals surface area contributed by atoms with Crippen LogP contribution in [0.1, 0.15) is 20.1 Å². The molecule has 0 amide bonds. The Morgan fingerprint density at radius 1 is 1.44 bits per heavy atom. The Morgan fingerprint density at radius 3 is 2.78 bits per heavy atom. The fourth-order valence-electron chi connectivity index (χ4n) is 1.48. The number of aromatic amines is 1. The number of H-pyrrole nitrogens is 1. The number of carboxylic acid groups (broad SMARTS) is 1. The van der Waals surface area contributed by atoms with Crippen LogP contribution in [-0.4, -0.2) is 20.6 Å². The van der Waals surface area contributed by atoms with Crippen molar-refractivity contribution >= 4 is 17.3 Å². The van der Waals surface area contributed by atoms with Crippen molar-refractivity contribution in [1.82, 2.24) is 9.55 Å². The number of carbonyl (C=O) groups is 1. The molecule has 0 unspecified atom stereocenters. The van der Waals surface area contributed by atoms with Crippen molar-refractivity contribution in [1.29, 1.82) is 0 Å². The van der Waals surface area contributed by atoms with E-state index in [4.69, 9.17) is 5.11 Å². The monoisotopic (exact) mass is 266 g/mol. The number of hydrogen-bond donors (Lipinski definition) is 2. The van der Waals surface area contributed by atoms with E-state index in [0.29, 0.717) is 5.56 Å². The Bertz CT molecular complexity index is 710. The Morgan fingerprint density at radius 2 is 2.17 bits per heavy atom. The van der Waals surface area contributed by atoms with Gasteiger partial charge in [0.25, 0.3) is 5.56 Å². The maximum Gasteiger partial charge on any atom is 0.345 e. The molecule has 0 fully saturated rings. The SMILES string of the molecule is Cc1cn(Cc2ccc(C(=O)O)s2)c(=O)[nH]c1=O. The van der Waals surface area contributed by atoms with Crippen LogP contribution in [0, 0.1) is 6.92 Å². The number of thiophene rings is 1. The van der Waals surface area contributed by atoms with Crippen molar-refractivity contribution in [2.24, 2.45) is 0 Å². The Balaban J connectivity index is 2.34. The molecule has 0 saturated heterocycles. The molecule has 2 aromatic rings. The van der Waals surface area contributed by atoms with E-state index in [0.717, 1.165) is 16.2 Å². The van der Waals surface area contributed by atoms with Crippen LogP contribution in [0.25, 0.3) is 0 Å². The second-order valence-electron chi connectivity index (χ2n) is 3.77. The molecule has 0 spiro atoms. The summed E-state index contributed by atoms with van der Waals surface area (Å²) in [5, 5.41) is 8.79. The molecule has 6 nitrogen and oxygen atoms in total. The minimum atomic E-state index is -0.990. The predicted molar refractivity (Wildman–Crippen MR) is 66.4 cm³/mol. The highest BCUT2D eigenvalue weighted by Crippen LogP contribution is 2.16. The lowest BCUT2D eigenvalue weighted by Crippen LogP contribution is -2.30. The summed E-state index contributed by atoms with van der Waals surface area (Å²) >= 11 is 1.10. The van der Waals surface area contributed by atoms with Gasteiger partial charge in [-0.1, -0.05) is 0 Å². The van der Waals surface area contributed by atoms with Gasteiger partial charge in [-0.2, -0.15) is 0 Å². The molecular weight excluding hydrogens is 256 g/mol. The average molecular weight is 266 g/mol. The summed E-state index contributed by atoms with van der Waals surface area (Å²) in [6, 6.07) is 3.15. The normalized spacial score (nSPS) is 10.5. The number of hydrogen-bond acceptors (Lipinski definition) is 4. The van der Waals surface area contributed by atoms with E-state index in [-0.39, 0.29) is 11.4 Å². The first-order valence-corrected chi connectivity index (χ1v) is 5.91. The second-order valence-corrected chi connectivity index (χ2v) is 4.94. The number of nitrogens with zero attached hydrogens (tertiary/aromatic N) is 1. The van der Waals surface area contributed by atoms with Crippen molar-refractivity contribution in [3.8, 4) is 0 Å². The van der Waals surface area contributed by atoms with Crippen LogP contribution in [0.15, 0.2) is 27.9 Å². The molecule has 0 saturated carbocycles. The van der Waals surface area contributed by atoms with Gasteiger partial charge in [0.2, 0.25) is 0 Å². The summed E-state index contributed by atoms with van der Waals surface area (Å²) in [7, 11) is 0. The van der Waals surface area contributed by atoms with Gasteiger partial charge >= 0.3 is 11.7 Å². The topological polar surface area (TPSA) is 92.2 Å². The molecule has 94 valence electrons. The number of nitrogens with one attached hydrogen (secondary N) is 1. The van der Waals surface area contributed by atoms with Gasteiger partial charge in [-0.3, -0.25) is 14.3 Å². The highest BCUT2D eigenvalue weighted by atomic mass is 32.1. The molecule has 0 aliphatic carbocycles. The van der Waals surface area contributed by atoms with E-state index in [2.05, 4.69) is 4.98 Å². The number of aromatic nitrogens is 2. The van der Waals surface area contributed by atoms with Gasteiger partial charge in [-0.05, 0) is 19.1 Å². The largest absolute Gasteiger partial charge is 0.477 e. The lowest BCUT2D eigenvalue weighted by Gasteiger charge is -2.03. The second kappa shape index (κ2) is 4.61. The maximum atomic E-state index is 11.5. The van der Waals surface area contributed by atoms with Gasteiger partial charge in [0.15, 0.2) is 0 Å². The minimum absolute atomic E-state index is 0.221. The molecule has 0 aromatic carbocycles. The first kappa shape index (κ1) is 12.3. The smallest absolute Gasteiger partial charge is 0.345 e. The highest BCUT2D eigenvalue weighted by Gasteiger charge is 2.08. The van der Waals surface area contributed by atoms with Crippen LogP contribution in [0.2, 0.25) is 0 Å². The van der Waals surface area contributed by atoms with Crippen molar-refractivity contribution < 1.29 is 9.90 Å². The van der Waals surface area contributed by atoms with Crippen LogP contribution < -0.4 is 11.2 Å². The van der Waals surface area contributed by atoms with Gasteiger partial charge in [-0.15, -0.1) is 11.3 Å². The third-order valence-corrected chi connectivity index (χ3v) is 3.45. The lowest BCUT2D eigenvalue weighted by molar-refractivity contribution is 0.0702. The molecule has 0 radical (unpaired) electrons. The molecule has 0 aliphatic heterocycles. The van der Waals surface area contributed by atoms with E-state index in [9.17, 15) is 14.4 Å². The Labute approximate surface area is 105 Å². The molecule has 2 rings (SSSR count). The number of aryl methyl sites for hydroxylation is 1. The van der Waals surface area contributed by atoms with Crippen LogP contribution in [0.5, 0.6) is 0 Å². The maximum absolute atomic E-state index is 11.5. The zero-order chi connectivity index (χ0) is 13.3. The van der Waals surface area contributed by atoms with Crippen LogP contribution >= 0.6 is 11.3 Å². The molecule has 7 heteroatoms. The molecule has 2 heterocycles. The summed E-state index contributed by atoms with van der Waals surface area (Å²) in [5.41, 5.74) is -0.478. The third kappa shape index (κ3) is 2.40. The predicted octanol–water partition coefficient (Wildman–Crippen LogP) is 0.653. The van der Waals surface area contributed by atoms with Gasteiger partial charge in [0, 0.05) is 16.6 Å². The van der Waals surface area contributed by atoms with Gasteiger partial charge < -0.3 is 5.11 Å². The summed E-state index contributed by atoms with van der Waals surface area (Å²) < 4.78 is 1.34. The lowest BCUT2D eigenvalue weighted by atomic mass is 10.3. The summed E-state index contributed by atoms with van der Waals surface area (Å²) in [5.74, 6) is -0.990. The van der Waals surface area contributed by atoms with Crippen molar-refractivity contribution in [3.05, 3.63) is 54.5 Å². The molecule has 2 N–H and O–H groups in total. The van der Waals surface area contributed by atoms with E-state index >= 15 is 0 Å². The van der Waals surface area contributed by atoms with Crippen molar-refractivity contribution in [2.75, 3.05) is 0 Å². The molecule has 18 heavy (non-hydrogen) atoms. The molecular formula is C11H10N2O4S. The zero-order valence-corrected chi connectivity index (χ0v) is 10.3. The standard InChI is InChI=1S/C11H10N2O4S/c1-6-4-13(11(17)12-9(6)14)5-7-2-3-8(18-7)10(15)16/h2-4H,5H2,1H3,(H,15,16)(H,12,14,17). The average Bonchev–Trinajstić information content (AvgIpc) is 2.74. The quantitative estimate of drug-likeness (QED) is 0.853. The van der Waals surface area contributed by atoms with E-state index in [1.807, 2.05) is 0 Å². The third-order valence-electron chi connectivity index (χ3n) is 2.39. The van der Waals surface area contributed by atoms with Crippen LogP contribution in [0.3, 0.4) is 0 Å². The molecule has 0 atom stereocenters. The zero-order valence-electron chi connectivity index (χ0n) is 9.47. The van der Waals surface area contributed by atoms with E-state index < -0.39 is 17.2 Å². The van der Waals surface area contributed by atoms with E-state index in [1.54, 1.807) is 13.0 Å². The first-order chi connectivity index (χ1) is 8.47. The Kier molecular flexibility index (Phi) is 3.15. The van der Waals surface area contributed by atoms with Gasteiger partial charge in [0.05, 0.1) is 6.54 Å². The van der Waals surface area contributed by atoms with Crippen molar-refractivity contribution in [2.45, 2.75) is 13.5 Å².